The Bertz CT molecular complexity index is 1510. The van der Waals surface area contributed by atoms with Crippen molar-refractivity contribution in [2.45, 2.75) is 69.5 Å². The third-order valence-corrected chi connectivity index (χ3v) is 10.0. The Hall–Kier alpha value is -2.78. The highest BCUT2D eigenvalue weighted by Crippen LogP contribution is 2.30. The van der Waals surface area contributed by atoms with Crippen LogP contribution < -0.4 is 9.62 Å². The van der Waals surface area contributed by atoms with E-state index in [-0.39, 0.29) is 39.1 Å². The monoisotopic (exact) mass is 649 g/mol. The van der Waals surface area contributed by atoms with Gasteiger partial charge in [0.15, 0.2) is 0 Å². The molecule has 11 heteroatoms. The van der Waals surface area contributed by atoms with Gasteiger partial charge in [0, 0.05) is 27.7 Å². The van der Waals surface area contributed by atoms with Gasteiger partial charge in [-0.05, 0) is 68.7 Å². The van der Waals surface area contributed by atoms with Crippen LogP contribution in [0.3, 0.4) is 0 Å². The summed E-state index contributed by atoms with van der Waals surface area (Å²) in [4.78, 5) is 28.9. The van der Waals surface area contributed by atoms with E-state index in [2.05, 4.69) is 5.32 Å². The summed E-state index contributed by atoms with van der Waals surface area (Å²) in [5, 5.41) is 3.94. The van der Waals surface area contributed by atoms with E-state index < -0.39 is 28.5 Å². The first kappa shape index (κ1) is 32.1. The van der Waals surface area contributed by atoms with Crippen LogP contribution in [0.15, 0.2) is 71.6 Å². The minimum atomic E-state index is -4.24. The molecule has 0 saturated heterocycles. The Kier molecular flexibility index (Phi) is 10.8. The van der Waals surface area contributed by atoms with Crippen molar-refractivity contribution < 1.29 is 18.0 Å². The fourth-order valence-electron chi connectivity index (χ4n) is 5.01. The van der Waals surface area contributed by atoms with Crippen LogP contribution in [0, 0.1) is 6.92 Å². The van der Waals surface area contributed by atoms with Gasteiger partial charge in [0.1, 0.15) is 12.6 Å². The molecular weight excluding hydrogens is 617 g/mol. The maximum Gasteiger partial charge on any atom is 0.264 e. The zero-order valence-electron chi connectivity index (χ0n) is 23.5. The Morgan fingerprint density at radius 2 is 1.55 bits per heavy atom. The molecule has 7 nitrogen and oxygen atoms in total. The molecule has 3 aromatic rings. The van der Waals surface area contributed by atoms with E-state index in [0.29, 0.717) is 10.6 Å². The van der Waals surface area contributed by atoms with Crippen molar-refractivity contribution in [2.24, 2.45) is 0 Å². The number of rotatable bonds is 10. The molecule has 42 heavy (non-hydrogen) atoms. The molecule has 1 aliphatic rings. The molecule has 4 rings (SSSR count). The lowest BCUT2D eigenvalue weighted by Crippen LogP contribution is -2.53. The number of anilines is 1. The number of sulfonamides is 1. The minimum absolute atomic E-state index is 0.00209. The normalized spacial score (nSPS) is 14.7. The average molecular weight is 651 g/mol. The molecule has 1 fully saturated rings. The summed E-state index contributed by atoms with van der Waals surface area (Å²) in [6, 6.07) is 16.8. The highest BCUT2D eigenvalue weighted by molar-refractivity contribution is 7.92. The molecule has 2 amide bonds. The van der Waals surface area contributed by atoms with Crippen molar-refractivity contribution in [1.29, 1.82) is 0 Å². The first-order valence-corrected chi connectivity index (χ1v) is 16.4. The van der Waals surface area contributed by atoms with Gasteiger partial charge in [0.2, 0.25) is 11.8 Å². The fraction of sp³-hybridized carbons (Fsp3) is 0.355. The highest BCUT2D eigenvalue weighted by Gasteiger charge is 2.33. The van der Waals surface area contributed by atoms with Crippen molar-refractivity contribution in [3.05, 3.63) is 92.9 Å². The van der Waals surface area contributed by atoms with E-state index in [4.69, 9.17) is 34.8 Å². The summed E-state index contributed by atoms with van der Waals surface area (Å²) in [5.41, 5.74) is 1.63. The standard InChI is InChI=1S/C31H34Cl3N3O4S/c1-21-12-14-28(15-13-21)42(40,41)37(27-17-24(32)16-25(33)18-27)20-30(38)36(19-23-8-6-7-11-29(23)34)22(2)31(39)35-26-9-4-3-5-10-26/h6-8,11-18,22,26H,3-5,9-10,19-20H2,1-2H3,(H,35,39)/t22-/m0/s1. The number of halogens is 3. The topological polar surface area (TPSA) is 86.8 Å². The molecule has 0 heterocycles. The zero-order valence-corrected chi connectivity index (χ0v) is 26.6. The van der Waals surface area contributed by atoms with E-state index in [9.17, 15) is 18.0 Å². The number of hydrogen-bond acceptors (Lipinski definition) is 4. The number of nitrogens with zero attached hydrogens (tertiary/aromatic N) is 2. The predicted octanol–water partition coefficient (Wildman–Crippen LogP) is 7.02. The van der Waals surface area contributed by atoms with Gasteiger partial charge in [-0.2, -0.15) is 0 Å². The largest absolute Gasteiger partial charge is 0.352 e. The summed E-state index contributed by atoms with van der Waals surface area (Å²) >= 11 is 18.9. The Labute approximate surface area is 262 Å². The van der Waals surface area contributed by atoms with Crippen LogP contribution in [-0.4, -0.2) is 43.8 Å². The maximum absolute atomic E-state index is 14.1. The maximum atomic E-state index is 14.1. The van der Waals surface area contributed by atoms with Crippen molar-refractivity contribution in [2.75, 3.05) is 10.8 Å². The van der Waals surface area contributed by atoms with Gasteiger partial charge >= 0.3 is 0 Å². The predicted molar refractivity (Wildman–Crippen MR) is 169 cm³/mol. The van der Waals surface area contributed by atoms with E-state index in [1.54, 1.807) is 43.3 Å². The molecule has 0 spiro atoms. The lowest BCUT2D eigenvalue weighted by atomic mass is 9.95. The summed E-state index contributed by atoms with van der Waals surface area (Å²) in [7, 11) is -4.24. The number of carbonyl (C=O) groups is 2. The highest BCUT2D eigenvalue weighted by atomic mass is 35.5. The van der Waals surface area contributed by atoms with Crippen LogP contribution in [0.5, 0.6) is 0 Å². The summed E-state index contributed by atoms with van der Waals surface area (Å²) in [6.07, 6.45) is 4.98. The summed E-state index contributed by atoms with van der Waals surface area (Å²) < 4.78 is 28.9. The zero-order chi connectivity index (χ0) is 30.4. The SMILES string of the molecule is Cc1ccc(S(=O)(=O)N(CC(=O)N(Cc2ccccc2Cl)[C@@H](C)C(=O)NC2CCCCC2)c2cc(Cl)cc(Cl)c2)cc1. The number of hydrogen-bond donors (Lipinski definition) is 1. The van der Waals surface area contributed by atoms with Crippen LogP contribution in [0.1, 0.15) is 50.2 Å². The van der Waals surface area contributed by atoms with Crippen molar-refractivity contribution in [1.82, 2.24) is 10.2 Å². The van der Waals surface area contributed by atoms with Crippen LogP contribution in [0.2, 0.25) is 15.1 Å². The van der Waals surface area contributed by atoms with E-state index in [0.717, 1.165) is 42.0 Å². The second-order valence-corrected chi connectivity index (χ2v) is 13.7. The van der Waals surface area contributed by atoms with Gasteiger partial charge in [-0.1, -0.05) is 90.0 Å². The minimum Gasteiger partial charge on any atom is -0.352 e. The number of aryl methyl sites for hydroxylation is 1. The van der Waals surface area contributed by atoms with Crippen molar-refractivity contribution >= 4 is 62.3 Å². The third kappa shape index (κ3) is 7.98. The van der Waals surface area contributed by atoms with Gasteiger partial charge in [0.25, 0.3) is 10.0 Å². The lowest BCUT2D eigenvalue weighted by molar-refractivity contribution is -0.139. The van der Waals surface area contributed by atoms with Gasteiger partial charge in [-0.25, -0.2) is 8.42 Å². The summed E-state index contributed by atoms with van der Waals surface area (Å²) in [6.45, 7) is 2.90. The molecule has 1 N–H and O–H groups in total. The van der Waals surface area contributed by atoms with Crippen molar-refractivity contribution in [3.8, 4) is 0 Å². The van der Waals surface area contributed by atoms with Gasteiger partial charge < -0.3 is 10.2 Å². The molecular formula is C31H34Cl3N3O4S. The summed E-state index contributed by atoms with van der Waals surface area (Å²) in [5.74, 6) is -0.894. The van der Waals surface area contributed by atoms with Crippen LogP contribution in [0.25, 0.3) is 0 Å². The second kappa shape index (κ2) is 14.1. The first-order chi connectivity index (χ1) is 20.0. The Balaban J connectivity index is 1.71. The lowest BCUT2D eigenvalue weighted by Gasteiger charge is -2.33. The Morgan fingerprint density at radius 3 is 2.17 bits per heavy atom. The average Bonchev–Trinajstić information content (AvgIpc) is 2.95. The number of benzene rings is 3. The van der Waals surface area contributed by atoms with Crippen molar-refractivity contribution in [3.63, 3.8) is 0 Å². The molecule has 1 atom stereocenters. The molecule has 3 aromatic carbocycles. The number of carbonyl (C=O) groups excluding carboxylic acids is 2. The third-order valence-electron chi connectivity index (χ3n) is 7.44. The molecule has 1 aliphatic carbocycles. The first-order valence-electron chi connectivity index (χ1n) is 13.8. The van der Waals surface area contributed by atoms with Gasteiger partial charge in [-0.15, -0.1) is 0 Å². The molecule has 224 valence electrons. The fourth-order valence-corrected chi connectivity index (χ4v) is 7.12. The quantitative estimate of drug-likeness (QED) is 0.256. The van der Waals surface area contributed by atoms with E-state index in [1.165, 1.54) is 35.2 Å². The number of nitrogens with one attached hydrogen (secondary N) is 1. The van der Waals surface area contributed by atoms with Crippen LogP contribution >= 0.6 is 34.8 Å². The van der Waals surface area contributed by atoms with Crippen LogP contribution in [0.4, 0.5) is 5.69 Å². The van der Waals surface area contributed by atoms with Gasteiger partial charge in [0.05, 0.1) is 10.6 Å². The number of amides is 2. The molecule has 0 aliphatic heterocycles. The molecule has 0 aromatic heterocycles. The molecule has 1 saturated carbocycles. The van der Waals surface area contributed by atoms with E-state index in [1.807, 2.05) is 6.92 Å². The molecule has 0 bridgehead atoms. The van der Waals surface area contributed by atoms with Crippen LogP contribution in [-0.2, 0) is 26.2 Å². The second-order valence-electron chi connectivity index (χ2n) is 10.6. The van der Waals surface area contributed by atoms with Gasteiger partial charge in [-0.3, -0.25) is 13.9 Å². The Morgan fingerprint density at radius 1 is 0.929 bits per heavy atom. The molecule has 0 unspecified atom stereocenters. The smallest absolute Gasteiger partial charge is 0.264 e. The van der Waals surface area contributed by atoms with E-state index >= 15 is 0 Å². The molecule has 0 radical (unpaired) electrons.